The second-order valence-corrected chi connectivity index (χ2v) is 6.78. The molecule has 1 N–H and O–H groups in total. The molecule has 0 heterocycles. The van der Waals surface area contributed by atoms with Crippen LogP contribution < -0.4 is 5.32 Å². The molecular formula is C14H19F2NO4S. The molecule has 0 spiro atoms. The highest BCUT2D eigenvalue weighted by atomic mass is 32.2. The minimum absolute atomic E-state index is 0.125. The van der Waals surface area contributed by atoms with E-state index in [2.05, 4.69) is 5.32 Å². The number of rotatable bonds is 8. The third-order valence-corrected chi connectivity index (χ3v) is 4.14. The van der Waals surface area contributed by atoms with E-state index in [1.165, 1.54) is 12.1 Å². The van der Waals surface area contributed by atoms with Gasteiger partial charge in [-0.2, -0.15) is 8.78 Å². The van der Waals surface area contributed by atoms with E-state index >= 15 is 0 Å². The van der Waals surface area contributed by atoms with Crippen LogP contribution in [0.1, 0.15) is 30.6 Å². The number of hydrogen-bond acceptors (Lipinski definition) is 4. The van der Waals surface area contributed by atoms with Gasteiger partial charge in [-0.25, -0.2) is 8.42 Å². The molecule has 0 aromatic heterocycles. The van der Waals surface area contributed by atoms with Crippen LogP contribution in [0.2, 0.25) is 0 Å². The maximum Gasteiger partial charge on any atom is 0.341 e. The van der Waals surface area contributed by atoms with Gasteiger partial charge in [-0.1, -0.05) is 0 Å². The van der Waals surface area contributed by atoms with Gasteiger partial charge in [0.2, 0.25) is 9.84 Å². The Balaban J connectivity index is 2.55. The molecule has 0 bridgehead atoms. The SMILES string of the molecule is CC(C)OCCCNC(=O)c1ccc(S(=O)(=O)C(F)F)cc1. The Bertz CT molecular complexity index is 585. The van der Waals surface area contributed by atoms with Crippen molar-refractivity contribution in [2.45, 2.75) is 37.0 Å². The Hall–Kier alpha value is -1.54. The first-order valence-electron chi connectivity index (χ1n) is 6.77. The molecule has 0 aliphatic heterocycles. The first-order valence-corrected chi connectivity index (χ1v) is 8.31. The van der Waals surface area contributed by atoms with E-state index in [1.54, 1.807) is 0 Å². The van der Waals surface area contributed by atoms with Crippen LogP contribution in [-0.2, 0) is 14.6 Å². The lowest BCUT2D eigenvalue weighted by Crippen LogP contribution is -2.25. The number of nitrogens with one attached hydrogen (secondary N) is 1. The molecule has 1 aromatic rings. The Morgan fingerprint density at radius 2 is 1.82 bits per heavy atom. The Kier molecular flexibility index (Phi) is 6.89. The largest absolute Gasteiger partial charge is 0.379 e. The zero-order valence-corrected chi connectivity index (χ0v) is 13.2. The smallest absolute Gasteiger partial charge is 0.341 e. The molecular weight excluding hydrogens is 316 g/mol. The van der Waals surface area contributed by atoms with Gasteiger partial charge in [0.05, 0.1) is 11.0 Å². The van der Waals surface area contributed by atoms with Crippen LogP contribution in [-0.4, -0.2) is 39.3 Å². The number of benzene rings is 1. The van der Waals surface area contributed by atoms with Crippen LogP contribution in [0.15, 0.2) is 29.2 Å². The summed E-state index contributed by atoms with van der Waals surface area (Å²) in [4.78, 5) is 11.3. The highest BCUT2D eigenvalue weighted by Gasteiger charge is 2.26. The minimum Gasteiger partial charge on any atom is -0.379 e. The van der Waals surface area contributed by atoms with Crippen molar-refractivity contribution in [2.75, 3.05) is 13.2 Å². The molecule has 8 heteroatoms. The van der Waals surface area contributed by atoms with E-state index in [9.17, 15) is 22.0 Å². The third-order valence-electron chi connectivity index (χ3n) is 2.74. The fraction of sp³-hybridized carbons (Fsp3) is 0.500. The van der Waals surface area contributed by atoms with Crippen molar-refractivity contribution in [2.24, 2.45) is 0 Å². The van der Waals surface area contributed by atoms with Gasteiger partial charge in [0.15, 0.2) is 0 Å². The van der Waals surface area contributed by atoms with Crippen molar-refractivity contribution in [3.63, 3.8) is 0 Å². The molecule has 5 nitrogen and oxygen atoms in total. The van der Waals surface area contributed by atoms with Crippen molar-refractivity contribution in [3.8, 4) is 0 Å². The lowest BCUT2D eigenvalue weighted by atomic mass is 10.2. The fourth-order valence-corrected chi connectivity index (χ4v) is 2.32. The molecule has 0 radical (unpaired) electrons. The van der Waals surface area contributed by atoms with Gasteiger partial charge in [-0.05, 0) is 44.5 Å². The van der Waals surface area contributed by atoms with Gasteiger partial charge in [0.25, 0.3) is 5.91 Å². The van der Waals surface area contributed by atoms with Crippen LogP contribution in [0.3, 0.4) is 0 Å². The van der Waals surface area contributed by atoms with Gasteiger partial charge >= 0.3 is 5.76 Å². The summed E-state index contributed by atoms with van der Waals surface area (Å²) in [6.07, 6.45) is 0.766. The van der Waals surface area contributed by atoms with Crippen molar-refractivity contribution in [3.05, 3.63) is 29.8 Å². The summed E-state index contributed by atoms with van der Waals surface area (Å²) in [5, 5.41) is 2.64. The zero-order valence-electron chi connectivity index (χ0n) is 12.4. The Morgan fingerprint density at radius 3 is 2.32 bits per heavy atom. The molecule has 1 amide bonds. The second kappa shape index (κ2) is 8.19. The van der Waals surface area contributed by atoms with Crippen LogP contribution >= 0.6 is 0 Å². The number of ether oxygens (including phenoxy) is 1. The molecule has 0 aliphatic rings. The molecule has 0 saturated heterocycles. The van der Waals surface area contributed by atoms with Crippen molar-refractivity contribution in [1.82, 2.24) is 5.32 Å². The molecule has 22 heavy (non-hydrogen) atoms. The van der Waals surface area contributed by atoms with Crippen LogP contribution in [0.25, 0.3) is 0 Å². The second-order valence-electron chi connectivity index (χ2n) is 4.86. The van der Waals surface area contributed by atoms with Crippen molar-refractivity contribution < 1.29 is 26.7 Å². The number of hydrogen-bond donors (Lipinski definition) is 1. The van der Waals surface area contributed by atoms with Gasteiger partial charge in [0, 0.05) is 18.7 Å². The van der Waals surface area contributed by atoms with E-state index < -0.39 is 26.4 Å². The Labute approximate surface area is 128 Å². The molecule has 0 atom stereocenters. The van der Waals surface area contributed by atoms with E-state index in [4.69, 9.17) is 4.74 Å². The predicted octanol–water partition coefficient (Wildman–Crippen LogP) is 2.23. The molecule has 1 aromatic carbocycles. The number of halogens is 2. The number of amides is 1. The number of carbonyl (C=O) groups excluding carboxylic acids is 1. The summed E-state index contributed by atoms with van der Waals surface area (Å²) in [6, 6.07) is 4.40. The summed E-state index contributed by atoms with van der Waals surface area (Å²) in [6.45, 7) is 4.74. The molecule has 124 valence electrons. The third kappa shape index (κ3) is 5.34. The normalized spacial score (nSPS) is 11.9. The van der Waals surface area contributed by atoms with E-state index in [0.29, 0.717) is 19.6 Å². The zero-order chi connectivity index (χ0) is 16.8. The highest BCUT2D eigenvalue weighted by molar-refractivity contribution is 7.91. The van der Waals surface area contributed by atoms with Crippen LogP contribution in [0.4, 0.5) is 8.78 Å². The Morgan fingerprint density at radius 1 is 1.23 bits per heavy atom. The van der Waals surface area contributed by atoms with Crippen molar-refractivity contribution in [1.29, 1.82) is 0 Å². The number of carbonyl (C=O) groups is 1. The van der Waals surface area contributed by atoms with E-state index in [0.717, 1.165) is 12.1 Å². The molecule has 0 unspecified atom stereocenters. The van der Waals surface area contributed by atoms with E-state index in [1.807, 2.05) is 13.8 Å². The van der Waals surface area contributed by atoms with Gasteiger partial charge in [0.1, 0.15) is 0 Å². The van der Waals surface area contributed by atoms with Crippen molar-refractivity contribution >= 4 is 15.7 Å². The lowest BCUT2D eigenvalue weighted by molar-refractivity contribution is 0.0757. The summed E-state index contributed by atoms with van der Waals surface area (Å²) >= 11 is 0. The average Bonchev–Trinajstić information content (AvgIpc) is 2.46. The molecule has 0 aliphatic carbocycles. The van der Waals surface area contributed by atoms with E-state index in [-0.39, 0.29) is 11.7 Å². The summed E-state index contributed by atoms with van der Waals surface area (Å²) < 4.78 is 52.6. The lowest BCUT2D eigenvalue weighted by Gasteiger charge is -2.09. The maximum absolute atomic E-state index is 12.4. The molecule has 0 saturated carbocycles. The fourth-order valence-electron chi connectivity index (χ4n) is 1.59. The predicted molar refractivity (Wildman–Crippen MR) is 77.7 cm³/mol. The highest BCUT2D eigenvalue weighted by Crippen LogP contribution is 2.18. The van der Waals surface area contributed by atoms with Gasteiger partial charge in [-0.3, -0.25) is 4.79 Å². The van der Waals surface area contributed by atoms with Gasteiger partial charge < -0.3 is 10.1 Å². The van der Waals surface area contributed by atoms with Gasteiger partial charge in [-0.15, -0.1) is 0 Å². The summed E-state index contributed by atoms with van der Waals surface area (Å²) in [5.74, 6) is -3.88. The van der Waals surface area contributed by atoms with Crippen LogP contribution in [0.5, 0.6) is 0 Å². The first-order chi connectivity index (χ1) is 10.2. The monoisotopic (exact) mass is 335 g/mol. The summed E-state index contributed by atoms with van der Waals surface area (Å²) in [5.41, 5.74) is 0.206. The quantitative estimate of drug-likeness (QED) is 0.740. The minimum atomic E-state index is -4.63. The average molecular weight is 335 g/mol. The number of sulfone groups is 1. The standard InChI is InChI=1S/C14H19F2NO4S/c1-10(2)21-9-3-8-17-13(18)11-4-6-12(7-5-11)22(19,20)14(15)16/h4-7,10,14H,3,8-9H2,1-2H3,(H,17,18). The maximum atomic E-state index is 12.4. The molecule has 0 fully saturated rings. The first kappa shape index (κ1) is 18.5. The molecule has 1 rings (SSSR count). The number of alkyl halides is 2. The summed E-state index contributed by atoms with van der Waals surface area (Å²) in [7, 11) is -4.63. The topological polar surface area (TPSA) is 72.5 Å². The van der Waals surface area contributed by atoms with Crippen LogP contribution in [0, 0.1) is 0 Å².